The number of nitrogens with zero attached hydrogens (tertiary/aromatic N) is 4. The maximum absolute atomic E-state index is 13.3. The van der Waals surface area contributed by atoms with E-state index in [2.05, 4.69) is 18.9 Å². The summed E-state index contributed by atoms with van der Waals surface area (Å²) < 4.78 is 1.71. The van der Waals surface area contributed by atoms with Crippen molar-refractivity contribution in [3.63, 3.8) is 0 Å². The summed E-state index contributed by atoms with van der Waals surface area (Å²) in [5, 5.41) is 15.9. The van der Waals surface area contributed by atoms with Crippen LogP contribution in [-0.4, -0.2) is 63.6 Å². The molecule has 4 rings (SSSR count). The Kier molecular flexibility index (Phi) is 6.89. The van der Waals surface area contributed by atoms with Crippen molar-refractivity contribution in [1.82, 2.24) is 19.6 Å². The Bertz CT molecular complexity index is 1260. The fourth-order valence-electron chi connectivity index (χ4n) is 4.44. The van der Waals surface area contributed by atoms with E-state index in [0.29, 0.717) is 30.3 Å². The summed E-state index contributed by atoms with van der Waals surface area (Å²) in [6.07, 6.45) is 1.55. The molecule has 1 aliphatic heterocycles. The van der Waals surface area contributed by atoms with Crippen LogP contribution in [0.5, 0.6) is 0 Å². The van der Waals surface area contributed by atoms with Crippen LogP contribution in [0.2, 0.25) is 0 Å². The third kappa shape index (κ3) is 4.64. The molecule has 35 heavy (non-hydrogen) atoms. The molecule has 1 saturated heterocycles. The second kappa shape index (κ2) is 9.88. The van der Waals surface area contributed by atoms with Crippen LogP contribution in [0.15, 0.2) is 66.4 Å². The highest BCUT2D eigenvalue weighted by Crippen LogP contribution is 2.40. The molecule has 1 N–H and O–H groups in total. The van der Waals surface area contributed by atoms with Gasteiger partial charge in [-0.15, -0.1) is 0 Å². The Hall–Kier alpha value is -3.71. The zero-order valence-corrected chi connectivity index (χ0v) is 20.9. The van der Waals surface area contributed by atoms with Gasteiger partial charge in [0.25, 0.3) is 11.7 Å². The number of Topliss-reactive ketones (excluding diaryl/α,β-unsaturated/α-hetero) is 1. The molecular formula is C28H32N4O3. The number of carbonyl (C=O) groups is 2. The van der Waals surface area contributed by atoms with Crippen molar-refractivity contribution < 1.29 is 14.7 Å². The number of aromatic nitrogens is 2. The van der Waals surface area contributed by atoms with Crippen LogP contribution in [0.25, 0.3) is 11.4 Å². The first-order valence-corrected chi connectivity index (χ1v) is 11.8. The highest BCUT2D eigenvalue weighted by Gasteiger charge is 2.46. The number of hydrogen-bond acceptors (Lipinski definition) is 5. The van der Waals surface area contributed by atoms with Gasteiger partial charge in [0.15, 0.2) is 0 Å². The van der Waals surface area contributed by atoms with Gasteiger partial charge in [-0.3, -0.25) is 9.59 Å². The Morgan fingerprint density at radius 1 is 1.06 bits per heavy atom. The van der Waals surface area contributed by atoms with E-state index in [4.69, 9.17) is 0 Å². The predicted molar refractivity (Wildman–Crippen MR) is 136 cm³/mol. The van der Waals surface area contributed by atoms with Crippen LogP contribution >= 0.6 is 0 Å². The Morgan fingerprint density at radius 2 is 1.71 bits per heavy atom. The van der Waals surface area contributed by atoms with Crippen molar-refractivity contribution >= 4 is 17.4 Å². The lowest BCUT2D eigenvalue weighted by atomic mass is 9.93. The summed E-state index contributed by atoms with van der Waals surface area (Å²) in [4.78, 5) is 29.9. The van der Waals surface area contributed by atoms with Crippen LogP contribution in [0.1, 0.15) is 48.2 Å². The van der Waals surface area contributed by atoms with Crippen LogP contribution in [0.4, 0.5) is 0 Å². The van der Waals surface area contributed by atoms with Gasteiger partial charge in [0.1, 0.15) is 5.76 Å². The first-order valence-electron chi connectivity index (χ1n) is 11.8. The smallest absolute Gasteiger partial charge is 0.295 e. The number of ketones is 1. The van der Waals surface area contributed by atoms with Gasteiger partial charge in [-0.25, -0.2) is 4.68 Å². The number of carbonyl (C=O) groups excluding carboxylic acids is 2. The number of rotatable bonds is 7. The summed E-state index contributed by atoms with van der Waals surface area (Å²) in [6.45, 7) is 7.03. The van der Waals surface area contributed by atoms with Crippen molar-refractivity contribution in [1.29, 1.82) is 0 Å². The highest BCUT2D eigenvalue weighted by atomic mass is 16.3. The largest absolute Gasteiger partial charge is 0.507 e. The van der Waals surface area contributed by atoms with Gasteiger partial charge >= 0.3 is 0 Å². The molecule has 0 radical (unpaired) electrons. The van der Waals surface area contributed by atoms with E-state index in [1.54, 1.807) is 15.8 Å². The van der Waals surface area contributed by atoms with Crippen LogP contribution in [0.3, 0.4) is 0 Å². The fourth-order valence-corrected chi connectivity index (χ4v) is 4.44. The maximum Gasteiger partial charge on any atom is 0.295 e. The van der Waals surface area contributed by atoms with E-state index in [9.17, 15) is 14.7 Å². The normalized spacial score (nSPS) is 17.7. The SMILES string of the molecule is Cc1c(C(O)=C2C(=O)C(=O)N(CCN(C)C)[C@@H]2c2ccc(C(C)C)cc2)cnn1-c1ccccc1. The number of para-hydroxylation sites is 1. The predicted octanol–water partition coefficient (Wildman–Crippen LogP) is 4.29. The standard InChI is InChI=1S/C28H32N4O3/c1-18(2)20-11-13-21(14-12-20)25-24(27(34)28(35)31(25)16-15-30(4)5)26(33)23-17-29-32(19(23)3)22-9-7-6-8-10-22/h6-14,17-18,25,33H,15-16H2,1-5H3/t25-/m1/s1. The Balaban J connectivity index is 1.83. The summed E-state index contributed by atoms with van der Waals surface area (Å²) in [5.74, 6) is -1.12. The van der Waals surface area contributed by atoms with Crippen molar-refractivity contribution in [3.8, 4) is 5.69 Å². The number of aliphatic hydroxyl groups is 1. The molecule has 0 bridgehead atoms. The molecule has 7 heteroatoms. The number of amides is 1. The molecule has 2 aromatic carbocycles. The quantitative estimate of drug-likeness (QED) is 0.315. The van der Waals surface area contributed by atoms with Gasteiger partial charge in [-0.2, -0.15) is 5.10 Å². The molecule has 0 unspecified atom stereocenters. The molecule has 1 fully saturated rings. The van der Waals surface area contributed by atoms with Gasteiger partial charge in [0, 0.05) is 13.1 Å². The third-order valence-corrected chi connectivity index (χ3v) is 6.51. The van der Waals surface area contributed by atoms with Crippen molar-refractivity contribution in [2.24, 2.45) is 0 Å². The van der Waals surface area contributed by atoms with Gasteiger partial charge in [0.2, 0.25) is 0 Å². The fraction of sp³-hybridized carbons (Fsp3) is 0.321. The number of hydrogen-bond donors (Lipinski definition) is 1. The van der Waals surface area contributed by atoms with Crippen LogP contribution in [-0.2, 0) is 9.59 Å². The molecule has 7 nitrogen and oxygen atoms in total. The molecule has 1 aromatic heterocycles. The zero-order chi connectivity index (χ0) is 25.3. The molecule has 182 valence electrons. The first-order chi connectivity index (χ1) is 16.7. The minimum Gasteiger partial charge on any atom is -0.507 e. The second-order valence-corrected chi connectivity index (χ2v) is 9.51. The van der Waals surface area contributed by atoms with Gasteiger partial charge in [0.05, 0.1) is 34.8 Å². The number of aliphatic hydroxyl groups excluding tert-OH is 1. The summed E-state index contributed by atoms with van der Waals surface area (Å²) in [7, 11) is 3.84. The molecule has 0 saturated carbocycles. The van der Waals surface area contributed by atoms with Crippen molar-refractivity contribution in [3.05, 3.63) is 88.8 Å². The van der Waals surface area contributed by atoms with E-state index < -0.39 is 17.7 Å². The summed E-state index contributed by atoms with van der Waals surface area (Å²) in [6, 6.07) is 16.8. The Labute approximate surface area is 206 Å². The van der Waals surface area contributed by atoms with Crippen molar-refractivity contribution in [2.45, 2.75) is 32.7 Å². The topological polar surface area (TPSA) is 78.7 Å². The lowest BCUT2D eigenvalue weighted by molar-refractivity contribution is -0.140. The third-order valence-electron chi connectivity index (χ3n) is 6.51. The minimum absolute atomic E-state index is 0.0989. The van der Waals surface area contributed by atoms with Gasteiger partial charge in [-0.05, 0) is 50.2 Å². The molecular weight excluding hydrogens is 440 g/mol. The molecule has 2 heterocycles. The zero-order valence-electron chi connectivity index (χ0n) is 20.9. The molecule has 3 aromatic rings. The van der Waals surface area contributed by atoms with Crippen LogP contribution < -0.4 is 0 Å². The molecule has 0 spiro atoms. The van der Waals surface area contributed by atoms with E-state index in [0.717, 1.165) is 11.3 Å². The summed E-state index contributed by atoms with van der Waals surface area (Å²) in [5.41, 5.74) is 4.02. The number of benzene rings is 2. The van der Waals surface area contributed by atoms with Crippen LogP contribution in [0, 0.1) is 6.92 Å². The Morgan fingerprint density at radius 3 is 2.31 bits per heavy atom. The molecule has 1 atom stereocenters. The lowest BCUT2D eigenvalue weighted by Crippen LogP contribution is -2.35. The molecule has 1 amide bonds. The highest BCUT2D eigenvalue weighted by molar-refractivity contribution is 6.46. The average Bonchev–Trinajstić information content (AvgIpc) is 3.35. The second-order valence-electron chi connectivity index (χ2n) is 9.51. The van der Waals surface area contributed by atoms with E-state index >= 15 is 0 Å². The number of likely N-dealkylation sites (N-methyl/N-ethyl adjacent to an activating group) is 1. The minimum atomic E-state index is -0.675. The van der Waals surface area contributed by atoms with E-state index in [1.165, 1.54) is 5.56 Å². The molecule has 1 aliphatic rings. The van der Waals surface area contributed by atoms with E-state index in [1.807, 2.05) is 80.5 Å². The van der Waals surface area contributed by atoms with E-state index in [-0.39, 0.29) is 11.3 Å². The molecule has 0 aliphatic carbocycles. The first kappa shape index (κ1) is 24.4. The van der Waals surface area contributed by atoms with Crippen molar-refractivity contribution in [2.75, 3.05) is 27.2 Å². The lowest BCUT2D eigenvalue weighted by Gasteiger charge is -2.26. The maximum atomic E-state index is 13.3. The monoisotopic (exact) mass is 472 g/mol. The average molecular weight is 473 g/mol. The van der Waals surface area contributed by atoms with Gasteiger partial charge in [-0.1, -0.05) is 56.3 Å². The van der Waals surface area contributed by atoms with Gasteiger partial charge < -0.3 is 14.9 Å². The summed E-state index contributed by atoms with van der Waals surface area (Å²) >= 11 is 0. The number of likely N-dealkylation sites (tertiary alicyclic amines) is 1.